The summed E-state index contributed by atoms with van der Waals surface area (Å²) in [5, 5.41) is 15.7. The minimum atomic E-state index is -0.655. The molecule has 0 aromatic rings. The number of nitrogens with zero attached hydrogens (tertiary/aromatic N) is 2. The molecule has 26 heavy (non-hydrogen) atoms. The lowest BCUT2D eigenvalue weighted by Crippen LogP contribution is -2.34. The molecular weight excluding hydrogens is 326 g/mol. The van der Waals surface area contributed by atoms with Crippen LogP contribution in [0.2, 0.25) is 0 Å². The molecule has 5 nitrogen and oxygen atoms in total. The molecule has 5 heteroatoms. The van der Waals surface area contributed by atoms with E-state index in [0.717, 1.165) is 12.8 Å². The third kappa shape index (κ3) is 22.7. The van der Waals surface area contributed by atoms with Gasteiger partial charge in [-0.05, 0) is 6.42 Å². The maximum absolute atomic E-state index is 10.3. The minimum absolute atomic E-state index is 0.345. The zero-order chi connectivity index (χ0) is 20.2. The number of carbonyl (C=O) groups is 1. The van der Waals surface area contributed by atoms with Crippen molar-refractivity contribution in [2.75, 3.05) is 28.2 Å². The van der Waals surface area contributed by atoms with Crippen LogP contribution in [0, 0.1) is 5.41 Å². The molecule has 0 aliphatic carbocycles. The van der Waals surface area contributed by atoms with Crippen molar-refractivity contribution >= 4 is 11.9 Å². The smallest absolute Gasteiger partial charge is 0.303 e. The third-order valence-corrected chi connectivity index (χ3v) is 4.34. The van der Waals surface area contributed by atoms with Crippen LogP contribution in [0.1, 0.15) is 96.8 Å². The standard InChI is InChI=1S/C16H32O2.C5H13N3/c1-2-3-4-5-6-7-8-9-10-11-12-13-14-15-16(17)18;1-7(2)5(6)8(3)4/h2-15H2,1H3,(H,17,18);6H,1-4H3. The molecule has 0 aliphatic heterocycles. The Hall–Kier alpha value is -1.26. The van der Waals surface area contributed by atoms with Gasteiger partial charge in [0.15, 0.2) is 5.96 Å². The summed E-state index contributed by atoms with van der Waals surface area (Å²) in [6.45, 7) is 2.26. The fourth-order valence-electron chi connectivity index (χ4n) is 2.69. The van der Waals surface area contributed by atoms with Crippen LogP contribution in [0.25, 0.3) is 0 Å². The van der Waals surface area contributed by atoms with Crippen LogP contribution in [-0.2, 0) is 4.79 Å². The van der Waals surface area contributed by atoms with Crippen LogP contribution in [0.4, 0.5) is 0 Å². The van der Waals surface area contributed by atoms with Crippen LogP contribution in [-0.4, -0.2) is 55.0 Å². The highest BCUT2D eigenvalue weighted by molar-refractivity contribution is 5.75. The first-order chi connectivity index (χ1) is 12.3. The normalized spacial score (nSPS) is 10.0. The predicted octanol–water partition coefficient (Wildman–Crippen LogP) is 5.60. The van der Waals surface area contributed by atoms with Gasteiger partial charge in [0.25, 0.3) is 0 Å². The van der Waals surface area contributed by atoms with Gasteiger partial charge in [-0.1, -0.05) is 84.0 Å². The van der Waals surface area contributed by atoms with Gasteiger partial charge in [-0.25, -0.2) is 0 Å². The van der Waals surface area contributed by atoms with E-state index in [1.807, 2.05) is 28.2 Å². The number of hydrogen-bond acceptors (Lipinski definition) is 2. The van der Waals surface area contributed by atoms with E-state index >= 15 is 0 Å². The Morgan fingerprint density at radius 3 is 1.23 bits per heavy atom. The van der Waals surface area contributed by atoms with Gasteiger partial charge in [-0.2, -0.15) is 0 Å². The van der Waals surface area contributed by atoms with Gasteiger partial charge < -0.3 is 14.9 Å². The number of carboxylic acid groups (broad SMARTS) is 1. The van der Waals surface area contributed by atoms with Gasteiger partial charge >= 0.3 is 5.97 Å². The highest BCUT2D eigenvalue weighted by atomic mass is 16.4. The summed E-state index contributed by atoms with van der Waals surface area (Å²) in [4.78, 5) is 13.8. The first kappa shape index (κ1) is 27.0. The molecule has 2 N–H and O–H groups in total. The Morgan fingerprint density at radius 1 is 0.692 bits per heavy atom. The molecule has 156 valence electrons. The molecule has 0 spiro atoms. The highest BCUT2D eigenvalue weighted by Crippen LogP contribution is 2.12. The van der Waals surface area contributed by atoms with Gasteiger partial charge in [-0.3, -0.25) is 10.2 Å². The molecule has 0 atom stereocenters. The van der Waals surface area contributed by atoms with Gasteiger partial charge in [-0.15, -0.1) is 0 Å². The lowest BCUT2D eigenvalue weighted by atomic mass is 10.0. The van der Waals surface area contributed by atoms with Crippen molar-refractivity contribution in [1.29, 1.82) is 5.41 Å². The molecular formula is C21H45N3O2. The summed E-state index contributed by atoms with van der Waals surface area (Å²) in [5.41, 5.74) is 0. The van der Waals surface area contributed by atoms with E-state index in [-0.39, 0.29) is 0 Å². The number of rotatable bonds is 14. The molecule has 0 heterocycles. The fourth-order valence-corrected chi connectivity index (χ4v) is 2.69. The summed E-state index contributed by atoms with van der Waals surface area (Å²) < 4.78 is 0. The summed E-state index contributed by atoms with van der Waals surface area (Å²) in [6, 6.07) is 0. The maximum atomic E-state index is 10.3. The van der Waals surface area contributed by atoms with E-state index in [2.05, 4.69) is 6.92 Å². The van der Waals surface area contributed by atoms with Gasteiger partial charge in [0.2, 0.25) is 0 Å². The second-order valence-corrected chi connectivity index (χ2v) is 7.50. The summed E-state index contributed by atoms with van der Waals surface area (Å²) >= 11 is 0. The number of aliphatic carboxylic acids is 1. The molecule has 0 saturated carbocycles. The monoisotopic (exact) mass is 371 g/mol. The molecule has 0 aromatic heterocycles. The van der Waals surface area contributed by atoms with Crippen molar-refractivity contribution in [3.05, 3.63) is 0 Å². The zero-order valence-electron chi connectivity index (χ0n) is 18.1. The van der Waals surface area contributed by atoms with E-state index in [9.17, 15) is 4.79 Å². The molecule has 0 saturated heterocycles. The first-order valence-electron chi connectivity index (χ1n) is 10.5. The largest absolute Gasteiger partial charge is 0.481 e. The summed E-state index contributed by atoms with van der Waals surface area (Å²) in [7, 11) is 7.40. The average molecular weight is 372 g/mol. The molecule has 0 unspecified atom stereocenters. The quantitative estimate of drug-likeness (QED) is 0.237. The highest BCUT2D eigenvalue weighted by Gasteiger charge is 1.98. The molecule has 0 aromatic carbocycles. The van der Waals surface area contributed by atoms with Crippen LogP contribution in [0.5, 0.6) is 0 Å². The molecule has 0 rings (SSSR count). The zero-order valence-corrected chi connectivity index (χ0v) is 18.1. The number of nitrogens with one attached hydrogen (secondary N) is 1. The Balaban J connectivity index is 0. The van der Waals surface area contributed by atoms with Crippen molar-refractivity contribution in [3.8, 4) is 0 Å². The Kier molecular flexibility index (Phi) is 20.8. The van der Waals surface area contributed by atoms with E-state index in [0.29, 0.717) is 12.4 Å². The molecule has 0 radical (unpaired) electrons. The number of carboxylic acids is 1. The molecule has 0 amide bonds. The minimum Gasteiger partial charge on any atom is -0.481 e. The van der Waals surface area contributed by atoms with Gasteiger partial charge in [0.1, 0.15) is 0 Å². The van der Waals surface area contributed by atoms with E-state index < -0.39 is 5.97 Å². The maximum Gasteiger partial charge on any atom is 0.303 e. The lowest BCUT2D eigenvalue weighted by molar-refractivity contribution is -0.137. The van der Waals surface area contributed by atoms with Crippen molar-refractivity contribution in [3.63, 3.8) is 0 Å². The Labute approximate surface area is 162 Å². The summed E-state index contributed by atoms with van der Waals surface area (Å²) in [6.07, 6.45) is 17.3. The molecule has 0 fully saturated rings. The fraction of sp³-hybridized carbons (Fsp3) is 0.905. The predicted molar refractivity (Wildman–Crippen MR) is 113 cm³/mol. The van der Waals surface area contributed by atoms with Crippen molar-refractivity contribution < 1.29 is 9.90 Å². The summed E-state index contributed by atoms with van der Waals surface area (Å²) in [5.74, 6) is -0.136. The lowest BCUT2D eigenvalue weighted by Gasteiger charge is -2.19. The van der Waals surface area contributed by atoms with Crippen molar-refractivity contribution in [1.82, 2.24) is 9.80 Å². The molecule has 0 bridgehead atoms. The van der Waals surface area contributed by atoms with Crippen molar-refractivity contribution in [2.45, 2.75) is 96.8 Å². The van der Waals surface area contributed by atoms with Gasteiger partial charge in [0, 0.05) is 34.6 Å². The second kappa shape index (κ2) is 20.1. The topological polar surface area (TPSA) is 67.6 Å². The SMILES string of the molecule is CCCCCCCCCCCCCCCC(=O)O.CN(C)C(=N)N(C)C. The van der Waals surface area contributed by atoms with E-state index in [1.165, 1.54) is 70.6 Å². The second-order valence-electron chi connectivity index (χ2n) is 7.50. The number of guanidine groups is 1. The molecule has 0 aliphatic rings. The van der Waals surface area contributed by atoms with Crippen LogP contribution >= 0.6 is 0 Å². The average Bonchev–Trinajstić information content (AvgIpc) is 2.58. The number of hydrogen-bond donors (Lipinski definition) is 2. The van der Waals surface area contributed by atoms with E-state index in [1.54, 1.807) is 9.80 Å². The third-order valence-electron chi connectivity index (χ3n) is 4.34. The van der Waals surface area contributed by atoms with Crippen LogP contribution in [0.15, 0.2) is 0 Å². The van der Waals surface area contributed by atoms with E-state index in [4.69, 9.17) is 10.5 Å². The van der Waals surface area contributed by atoms with Crippen molar-refractivity contribution in [2.24, 2.45) is 0 Å². The first-order valence-corrected chi connectivity index (χ1v) is 10.5. The van der Waals surface area contributed by atoms with Crippen LogP contribution < -0.4 is 0 Å². The Bertz CT molecular complexity index is 321. The number of unbranched alkanes of at least 4 members (excludes halogenated alkanes) is 12. The van der Waals surface area contributed by atoms with Crippen LogP contribution in [0.3, 0.4) is 0 Å². The van der Waals surface area contributed by atoms with Gasteiger partial charge in [0.05, 0.1) is 0 Å². The Morgan fingerprint density at radius 2 is 1.00 bits per heavy atom.